The van der Waals surface area contributed by atoms with Crippen LogP contribution in [-0.4, -0.2) is 37.0 Å². The van der Waals surface area contributed by atoms with E-state index in [0.717, 1.165) is 45.4 Å². The van der Waals surface area contributed by atoms with E-state index in [0.29, 0.717) is 5.91 Å². The molecule has 0 saturated carbocycles. The van der Waals surface area contributed by atoms with Gasteiger partial charge in [0.1, 0.15) is 0 Å². The third-order valence-electron chi connectivity index (χ3n) is 3.85. The van der Waals surface area contributed by atoms with Gasteiger partial charge in [0, 0.05) is 18.5 Å². The van der Waals surface area contributed by atoms with Gasteiger partial charge in [-0.05, 0) is 45.2 Å². The molecule has 1 N–H and O–H groups in total. The maximum absolute atomic E-state index is 12.4. The van der Waals surface area contributed by atoms with Crippen LogP contribution in [0.4, 0.5) is 0 Å². The van der Waals surface area contributed by atoms with E-state index < -0.39 is 0 Å². The zero-order valence-corrected chi connectivity index (χ0v) is 9.72. The Labute approximate surface area is 92.2 Å². The van der Waals surface area contributed by atoms with Gasteiger partial charge in [-0.2, -0.15) is 0 Å². The van der Waals surface area contributed by atoms with Crippen LogP contribution in [0.25, 0.3) is 0 Å². The SMILES string of the molecule is CC1(C(=O)N2CCCC2)CCCNCC1. The first kappa shape index (κ1) is 10.9. The number of carbonyl (C=O) groups is 1. The largest absolute Gasteiger partial charge is 0.342 e. The van der Waals surface area contributed by atoms with Crippen LogP contribution in [0.5, 0.6) is 0 Å². The van der Waals surface area contributed by atoms with Gasteiger partial charge in [-0.3, -0.25) is 4.79 Å². The van der Waals surface area contributed by atoms with Gasteiger partial charge < -0.3 is 10.2 Å². The minimum atomic E-state index is -0.0894. The molecule has 1 amide bonds. The fourth-order valence-electron chi connectivity index (χ4n) is 2.73. The number of nitrogens with one attached hydrogen (secondary N) is 1. The number of amides is 1. The lowest BCUT2D eigenvalue weighted by Gasteiger charge is -2.31. The molecule has 2 rings (SSSR count). The highest BCUT2D eigenvalue weighted by atomic mass is 16.2. The molecule has 0 bridgehead atoms. The smallest absolute Gasteiger partial charge is 0.228 e. The maximum Gasteiger partial charge on any atom is 0.228 e. The van der Waals surface area contributed by atoms with Gasteiger partial charge in [0.05, 0.1) is 0 Å². The molecule has 1 unspecified atom stereocenters. The van der Waals surface area contributed by atoms with Crippen molar-refractivity contribution in [3.05, 3.63) is 0 Å². The van der Waals surface area contributed by atoms with Gasteiger partial charge in [-0.1, -0.05) is 6.92 Å². The van der Waals surface area contributed by atoms with Gasteiger partial charge in [-0.25, -0.2) is 0 Å². The molecule has 0 aromatic carbocycles. The van der Waals surface area contributed by atoms with Crippen LogP contribution in [0.15, 0.2) is 0 Å². The van der Waals surface area contributed by atoms with E-state index in [4.69, 9.17) is 0 Å². The molecule has 0 aromatic rings. The number of rotatable bonds is 1. The Morgan fingerprint density at radius 3 is 2.60 bits per heavy atom. The number of hydrogen-bond acceptors (Lipinski definition) is 2. The molecule has 15 heavy (non-hydrogen) atoms. The van der Waals surface area contributed by atoms with Gasteiger partial charge >= 0.3 is 0 Å². The standard InChI is InChI=1S/C12H22N2O/c1-12(5-4-7-13-8-6-12)11(15)14-9-2-3-10-14/h13H,2-10H2,1H3. The fraction of sp³-hybridized carbons (Fsp3) is 0.917. The summed E-state index contributed by atoms with van der Waals surface area (Å²) in [5.41, 5.74) is -0.0894. The Kier molecular flexibility index (Phi) is 3.29. The Bertz CT molecular complexity index is 226. The summed E-state index contributed by atoms with van der Waals surface area (Å²) >= 11 is 0. The Morgan fingerprint density at radius 2 is 1.87 bits per heavy atom. The molecule has 0 aliphatic carbocycles. The van der Waals surface area contributed by atoms with Crippen molar-refractivity contribution in [2.75, 3.05) is 26.2 Å². The van der Waals surface area contributed by atoms with Crippen molar-refractivity contribution in [3.8, 4) is 0 Å². The second-order valence-electron chi connectivity index (χ2n) is 5.16. The molecule has 2 fully saturated rings. The van der Waals surface area contributed by atoms with Crippen LogP contribution in [0.3, 0.4) is 0 Å². The zero-order chi connectivity index (χ0) is 10.7. The lowest BCUT2D eigenvalue weighted by Crippen LogP contribution is -2.41. The van der Waals surface area contributed by atoms with E-state index in [2.05, 4.69) is 17.1 Å². The molecule has 3 heteroatoms. The highest BCUT2D eigenvalue weighted by Crippen LogP contribution is 2.32. The molecule has 0 spiro atoms. The van der Waals surface area contributed by atoms with Crippen LogP contribution in [0.2, 0.25) is 0 Å². The minimum absolute atomic E-state index is 0.0894. The van der Waals surface area contributed by atoms with Crippen LogP contribution < -0.4 is 5.32 Å². The van der Waals surface area contributed by atoms with Gasteiger partial charge in [-0.15, -0.1) is 0 Å². The molecule has 2 saturated heterocycles. The highest BCUT2D eigenvalue weighted by Gasteiger charge is 2.37. The maximum atomic E-state index is 12.4. The summed E-state index contributed by atoms with van der Waals surface area (Å²) in [5, 5.41) is 3.38. The molecule has 3 nitrogen and oxygen atoms in total. The predicted octanol–water partition coefficient (Wildman–Crippen LogP) is 1.39. The summed E-state index contributed by atoms with van der Waals surface area (Å²) in [6.45, 7) is 6.20. The predicted molar refractivity (Wildman–Crippen MR) is 60.6 cm³/mol. The van der Waals surface area contributed by atoms with Crippen molar-refractivity contribution in [2.24, 2.45) is 5.41 Å². The first-order valence-corrected chi connectivity index (χ1v) is 6.22. The van der Waals surface area contributed by atoms with E-state index in [1.807, 2.05) is 0 Å². The third-order valence-corrected chi connectivity index (χ3v) is 3.85. The topological polar surface area (TPSA) is 32.3 Å². The number of nitrogens with zero attached hydrogens (tertiary/aromatic N) is 1. The second kappa shape index (κ2) is 4.52. The van der Waals surface area contributed by atoms with Crippen LogP contribution in [0.1, 0.15) is 39.0 Å². The molecule has 86 valence electrons. The molecule has 2 heterocycles. The van der Waals surface area contributed by atoms with Crippen molar-refractivity contribution < 1.29 is 4.79 Å². The second-order valence-corrected chi connectivity index (χ2v) is 5.16. The van der Waals surface area contributed by atoms with Crippen LogP contribution >= 0.6 is 0 Å². The lowest BCUT2D eigenvalue weighted by molar-refractivity contribution is -0.140. The monoisotopic (exact) mass is 210 g/mol. The average Bonchev–Trinajstić information content (AvgIpc) is 2.67. The zero-order valence-electron chi connectivity index (χ0n) is 9.72. The van der Waals surface area contributed by atoms with E-state index in [9.17, 15) is 4.79 Å². The number of likely N-dealkylation sites (tertiary alicyclic amines) is 1. The quantitative estimate of drug-likeness (QED) is 0.709. The normalized spacial score (nSPS) is 32.7. The molecule has 0 radical (unpaired) electrons. The fourth-order valence-corrected chi connectivity index (χ4v) is 2.73. The van der Waals surface area contributed by atoms with E-state index in [-0.39, 0.29) is 5.41 Å². The Hall–Kier alpha value is -0.570. The van der Waals surface area contributed by atoms with E-state index in [1.54, 1.807) is 0 Å². The van der Waals surface area contributed by atoms with Crippen molar-refractivity contribution in [2.45, 2.75) is 39.0 Å². The van der Waals surface area contributed by atoms with Gasteiger partial charge in [0.2, 0.25) is 5.91 Å². The van der Waals surface area contributed by atoms with E-state index in [1.165, 1.54) is 12.8 Å². The first-order valence-electron chi connectivity index (χ1n) is 6.22. The summed E-state index contributed by atoms with van der Waals surface area (Å²) in [6.07, 6.45) is 5.58. The summed E-state index contributed by atoms with van der Waals surface area (Å²) in [5.74, 6) is 0.406. The lowest BCUT2D eigenvalue weighted by atomic mass is 9.81. The van der Waals surface area contributed by atoms with Crippen LogP contribution in [0, 0.1) is 5.41 Å². The number of hydrogen-bond donors (Lipinski definition) is 1. The highest BCUT2D eigenvalue weighted by molar-refractivity contribution is 5.82. The van der Waals surface area contributed by atoms with Crippen molar-refractivity contribution >= 4 is 5.91 Å². The molecule has 2 aliphatic heterocycles. The average molecular weight is 210 g/mol. The molecule has 2 aliphatic rings. The van der Waals surface area contributed by atoms with E-state index >= 15 is 0 Å². The number of carbonyl (C=O) groups excluding carboxylic acids is 1. The summed E-state index contributed by atoms with van der Waals surface area (Å²) in [4.78, 5) is 14.4. The summed E-state index contributed by atoms with van der Waals surface area (Å²) in [6, 6.07) is 0. The van der Waals surface area contributed by atoms with Crippen LogP contribution in [-0.2, 0) is 4.79 Å². The minimum Gasteiger partial charge on any atom is -0.342 e. The molecular weight excluding hydrogens is 188 g/mol. The molecule has 1 atom stereocenters. The third kappa shape index (κ3) is 2.33. The van der Waals surface area contributed by atoms with Crippen molar-refractivity contribution in [1.29, 1.82) is 0 Å². The van der Waals surface area contributed by atoms with Crippen molar-refractivity contribution in [1.82, 2.24) is 10.2 Å². The molecule has 0 aromatic heterocycles. The van der Waals surface area contributed by atoms with Crippen molar-refractivity contribution in [3.63, 3.8) is 0 Å². The molecular formula is C12H22N2O. The Balaban J connectivity index is 2.01. The Morgan fingerprint density at radius 1 is 1.13 bits per heavy atom. The van der Waals surface area contributed by atoms with Gasteiger partial charge in [0.15, 0.2) is 0 Å². The summed E-state index contributed by atoms with van der Waals surface area (Å²) in [7, 11) is 0. The van der Waals surface area contributed by atoms with Gasteiger partial charge in [0.25, 0.3) is 0 Å². The summed E-state index contributed by atoms with van der Waals surface area (Å²) < 4.78 is 0. The first-order chi connectivity index (χ1) is 7.22.